The molecule has 1 atom stereocenters. The van der Waals surface area contributed by atoms with Crippen LogP contribution in [0, 0.1) is 0 Å². The van der Waals surface area contributed by atoms with Gasteiger partial charge < -0.3 is 14.6 Å². The van der Waals surface area contributed by atoms with Gasteiger partial charge in [-0.15, -0.1) is 0 Å². The summed E-state index contributed by atoms with van der Waals surface area (Å²) in [7, 11) is 3.55. The summed E-state index contributed by atoms with van der Waals surface area (Å²) in [4.78, 5) is 17.2. The van der Waals surface area contributed by atoms with E-state index in [1.54, 1.807) is 13.3 Å². The van der Waals surface area contributed by atoms with E-state index in [2.05, 4.69) is 17.2 Å². The van der Waals surface area contributed by atoms with Crippen LogP contribution in [0.5, 0.6) is 5.75 Å². The van der Waals surface area contributed by atoms with E-state index in [4.69, 9.17) is 4.74 Å². The average Bonchev–Trinajstić information content (AvgIpc) is 3.11. The number of amides is 1. The van der Waals surface area contributed by atoms with Gasteiger partial charge in [0, 0.05) is 25.0 Å². The number of aryl methyl sites for hydroxylation is 2. The number of aromatic nitrogens is 2. The fourth-order valence-electron chi connectivity index (χ4n) is 2.85. The molecule has 0 radical (unpaired) electrons. The maximum atomic E-state index is 12.8. The molecule has 0 aliphatic heterocycles. The summed E-state index contributed by atoms with van der Waals surface area (Å²) in [5.41, 5.74) is 2.78. The van der Waals surface area contributed by atoms with Crippen molar-refractivity contribution in [3.63, 3.8) is 0 Å². The minimum Gasteiger partial charge on any atom is -0.497 e. The SMILES string of the molecule is CCc1ccc(C(=O)NC(c2ccc(OC)cc2)c2nccn2C)cc1. The molecule has 1 N–H and O–H groups in total. The number of nitrogens with one attached hydrogen (secondary N) is 1. The predicted octanol–water partition coefficient (Wildman–Crippen LogP) is 3.51. The molecule has 134 valence electrons. The molecule has 3 aromatic rings. The monoisotopic (exact) mass is 349 g/mol. The number of imidazole rings is 1. The molecule has 1 aromatic heterocycles. The van der Waals surface area contributed by atoms with Gasteiger partial charge in [-0.1, -0.05) is 31.2 Å². The zero-order chi connectivity index (χ0) is 18.5. The molecule has 2 aromatic carbocycles. The first-order valence-electron chi connectivity index (χ1n) is 8.63. The second kappa shape index (κ2) is 7.87. The number of ether oxygens (including phenoxy) is 1. The van der Waals surface area contributed by atoms with E-state index >= 15 is 0 Å². The lowest BCUT2D eigenvalue weighted by atomic mass is 10.0. The molecule has 1 unspecified atom stereocenters. The highest BCUT2D eigenvalue weighted by atomic mass is 16.5. The maximum absolute atomic E-state index is 12.8. The van der Waals surface area contributed by atoms with Gasteiger partial charge in [-0.2, -0.15) is 0 Å². The topological polar surface area (TPSA) is 56.1 Å². The molecule has 5 heteroatoms. The molecule has 0 saturated heterocycles. The molecule has 1 heterocycles. The van der Waals surface area contributed by atoms with Crippen LogP contribution in [0.1, 0.15) is 40.3 Å². The van der Waals surface area contributed by atoms with E-state index in [0.717, 1.165) is 23.6 Å². The van der Waals surface area contributed by atoms with Crippen LogP contribution >= 0.6 is 0 Å². The number of methoxy groups -OCH3 is 1. The summed E-state index contributed by atoms with van der Waals surface area (Å²) in [6.45, 7) is 2.09. The molecule has 0 fully saturated rings. The zero-order valence-corrected chi connectivity index (χ0v) is 15.3. The molecular formula is C21H23N3O2. The first kappa shape index (κ1) is 17.7. The van der Waals surface area contributed by atoms with E-state index in [0.29, 0.717) is 5.56 Å². The van der Waals surface area contributed by atoms with Crippen LogP contribution in [-0.2, 0) is 13.5 Å². The Bertz CT molecular complexity index is 867. The number of benzene rings is 2. The second-order valence-electron chi connectivity index (χ2n) is 6.13. The summed E-state index contributed by atoms with van der Waals surface area (Å²) in [5, 5.41) is 3.10. The van der Waals surface area contributed by atoms with Gasteiger partial charge in [-0.25, -0.2) is 4.98 Å². The van der Waals surface area contributed by atoms with E-state index in [1.807, 2.05) is 66.3 Å². The van der Waals surface area contributed by atoms with Gasteiger partial charge in [-0.3, -0.25) is 4.79 Å². The van der Waals surface area contributed by atoms with Crippen LogP contribution in [-0.4, -0.2) is 22.6 Å². The van der Waals surface area contributed by atoms with E-state index in [1.165, 1.54) is 5.56 Å². The van der Waals surface area contributed by atoms with Crippen LogP contribution in [0.15, 0.2) is 60.9 Å². The quantitative estimate of drug-likeness (QED) is 0.741. The van der Waals surface area contributed by atoms with Crippen LogP contribution in [0.25, 0.3) is 0 Å². The smallest absolute Gasteiger partial charge is 0.252 e. The number of hydrogen-bond acceptors (Lipinski definition) is 3. The van der Waals surface area contributed by atoms with Crippen molar-refractivity contribution in [1.82, 2.24) is 14.9 Å². The van der Waals surface area contributed by atoms with Crippen molar-refractivity contribution < 1.29 is 9.53 Å². The third kappa shape index (κ3) is 3.77. The summed E-state index contributed by atoms with van der Waals surface area (Å²) < 4.78 is 7.14. The molecule has 0 aliphatic rings. The molecule has 1 amide bonds. The summed E-state index contributed by atoms with van der Waals surface area (Å²) in [6, 6.07) is 15.0. The fraction of sp³-hybridized carbons (Fsp3) is 0.238. The number of hydrogen-bond donors (Lipinski definition) is 1. The first-order chi connectivity index (χ1) is 12.6. The van der Waals surface area contributed by atoms with Gasteiger partial charge in [0.2, 0.25) is 0 Å². The van der Waals surface area contributed by atoms with Gasteiger partial charge in [0.05, 0.1) is 7.11 Å². The normalized spacial score (nSPS) is 11.8. The Labute approximate surface area is 153 Å². The van der Waals surface area contributed by atoms with Crippen molar-refractivity contribution in [2.75, 3.05) is 7.11 Å². The van der Waals surface area contributed by atoms with Gasteiger partial charge in [-0.05, 0) is 41.8 Å². The molecular weight excluding hydrogens is 326 g/mol. The van der Waals surface area contributed by atoms with Crippen molar-refractivity contribution in [1.29, 1.82) is 0 Å². The molecule has 5 nitrogen and oxygen atoms in total. The Morgan fingerprint density at radius 2 is 1.85 bits per heavy atom. The minimum absolute atomic E-state index is 0.128. The third-order valence-corrected chi connectivity index (χ3v) is 4.47. The van der Waals surface area contributed by atoms with Crippen LogP contribution in [0.3, 0.4) is 0 Å². The summed E-state index contributed by atoms with van der Waals surface area (Å²) in [5.74, 6) is 1.42. The molecule has 0 bridgehead atoms. The predicted molar refractivity (Wildman–Crippen MR) is 101 cm³/mol. The fourth-order valence-corrected chi connectivity index (χ4v) is 2.85. The number of carbonyl (C=O) groups is 1. The molecule has 0 aliphatic carbocycles. The Morgan fingerprint density at radius 1 is 1.15 bits per heavy atom. The third-order valence-electron chi connectivity index (χ3n) is 4.47. The molecule has 3 rings (SSSR count). The lowest BCUT2D eigenvalue weighted by molar-refractivity contribution is 0.0941. The molecule has 0 saturated carbocycles. The summed E-state index contributed by atoms with van der Waals surface area (Å²) in [6.07, 6.45) is 4.55. The molecule has 26 heavy (non-hydrogen) atoms. The maximum Gasteiger partial charge on any atom is 0.252 e. The van der Waals surface area contributed by atoms with Crippen LogP contribution < -0.4 is 10.1 Å². The van der Waals surface area contributed by atoms with Gasteiger partial charge in [0.25, 0.3) is 5.91 Å². The van der Waals surface area contributed by atoms with E-state index < -0.39 is 0 Å². The number of rotatable bonds is 6. The lowest BCUT2D eigenvalue weighted by Crippen LogP contribution is -2.31. The lowest BCUT2D eigenvalue weighted by Gasteiger charge is -2.19. The number of carbonyl (C=O) groups excluding carboxylic acids is 1. The highest BCUT2D eigenvalue weighted by Gasteiger charge is 2.21. The standard InChI is InChI=1S/C21H23N3O2/c1-4-15-5-7-17(8-6-15)21(25)23-19(20-22-13-14-24(20)2)16-9-11-18(26-3)12-10-16/h5-14,19H,4H2,1-3H3,(H,23,25). The minimum atomic E-state index is -0.348. The van der Waals surface area contributed by atoms with Crippen LogP contribution in [0.4, 0.5) is 0 Å². The van der Waals surface area contributed by atoms with Crippen molar-refractivity contribution in [2.24, 2.45) is 7.05 Å². The van der Waals surface area contributed by atoms with E-state index in [-0.39, 0.29) is 11.9 Å². The number of nitrogens with zero attached hydrogens (tertiary/aromatic N) is 2. The van der Waals surface area contributed by atoms with Crippen molar-refractivity contribution in [3.05, 3.63) is 83.4 Å². The highest BCUT2D eigenvalue weighted by molar-refractivity contribution is 5.94. The first-order valence-corrected chi connectivity index (χ1v) is 8.63. The average molecular weight is 349 g/mol. The second-order valence-corrected chi connectivity index (χ2v) is 6.13. The van der Waals surface area contributed by atoms with Gasteiger partial charge in [0.15, 0.2) is 0 Å². The van der Waals surface area contributed by atoms with Crippen molar-refractivity contribution in [2.45, 2.75) is 19.4 Å². The van der Waals surface area contributed by atoms with Crippen molar-refractivity contribution >= 4 is 5.91 Å². The molecule has 0 spiro atoms. The van der Waals surface area contributed by atoms with Crippen molar-refractivity contribution in [3.8, 4) is 5.75 Å². The largest absolute Gasteiger partial charge is 0.497 e. The Kier molecular flexibility index (Phi) is 5.37. The Hall–Kier alpha value is -3.08. The van der Waals surface area contributed by atoms with Crippen LogP contribution in [0.2, 0.25) is 0 Å². The van der Waals surface area contributed by atoms with Gasteiger partial charge >= 0.3 is 0 Å². The summed E-state index contributed by atoms with van der Waals surface area (Å²) >= 11 is 0. The zero-order valence-electron chi connectivity index (χ0n) is 15.3. The van der Waals surface area contributed by atoms with Gasteiger partial charge in [0.1, 0.15) is 17.6 Å². The highest BCUT2D eigenvalue weighted by Crippen LogP contribution is 2.23. The Balaban J connectivity index is 1.90. The Morgan fingerprint density at radius 3 is 2.38 bits per heavy atom. The van der Waals surface area contributed by atoms with E-state index in [9.17, 15) is 4.79 Å².